The predicted molar refractivity (Wildman–Crippen MR) is 261 cm³/mol. The van der Waals surface area contributed by atoms with Gasteiger partial charge in [-0.15, -0.1) is 11.3 Å². The Labute approximate surface area is 357 Å². The molecule has 0 bridgehead atoms. The third-order valence-electron chi connectivity index (χ3n) is 12.1. The van der Waals surface area contributed by atoms with Crippen LogP contribution in [0.2, 0.25) is 0 Å². The van der Waals surface area contributed by atoms with Crippen molar-refractivity contribution in [2.24, 2.45) is 0 Å². The Bertz CT molecular complexity index is 3590. The van der Waals surface area contributed by atoms with Gasteiger partial charge in [-0.25, -0.2) is 0 Å². The van der Waals surface area contributed by atoms with Gasteiger partial charge in [0.25, 0.3) is 0 Å². The maximum absolute atomic E-state index is 6.15. The summed E-state index contributed by atoms with van der Waals surface area (Å²) < 4.78 is 8.77. The van der Waals surface area contributed by atoms with Crippen LogP contribution in [0.25, 0.3) is 97.4 Å². The molecule has 0 aliphatic rings. The lowest BCUT2D eigenvalue weighted by Gasteiger charge is -2.28. The first-order valence-corrected chi connectivity index (χ1v) is 21.5. The number of hydrogen-bond donors (Lipinski definition) is 0. The lowest BCUT2D eigenvalue weighted by atomic mass is 9.95. The van der Waals surface area contributed by atoms with Gasteiger partial charge in [0.2, 0.25) is 0 Å². The summed E-state index contributed by atoms with van der Waals surface area (Å²) in [5.41, 5.74) is 14.6. The first-order chi connectivity index (χ1) is 30.2. The molecular weight excluding hydrogens is 759 g/mol. The van der Waals surface area contributed by atoms with Crippen molar-refractivity contribution in [2.45, 2.75) is 0 Å². The quantitative estimate of drug-likeness (QED) is 0.160. The second-order valence-electron chi connectivity index (χ2n) is 15.7. The van der Waals surface area contributed by atoms with Crippen molar-refractivity contribution < 1.29 is 4.42 Å². The monoisotopic (exact) mass is 795 g/mol. The molecule has 0 atom stereocenters. The van der Waals surface area contributed by atoms with Gasteiger partial charge < -0.3 is 9.32 Å². The van der Waals surface area contributed by atoms with Crippen molar-refractivity contribution in [1.82, 2.24) is 0 Å². The zero-order chi connectivity index (χ0) is 40.3. The zero-order valence-electron chi connectivity index (χ0n) is 33.1. The topological polar surface area (TPSA) is 16.4 Å². The van der Waals surface area contributed by atoms with Gasteiger partial charge in [0.15, 0.2) is 0 Å². The SMILES string of the molecule is c1cc(-c2ccc(N(c3ccc(-c4ccc5oc6ccccc6c5c4)cc3)c3ccccc3-c3ccc4sc5ccccc5c4c3)cc2)cc(-c2cccc3ccccc23)c1. The molecule has 0 spiro atoms. The summed E-state index contributed by atoms with van der Waals surface area (Å²) in [6.45, 7) is 0. The molecule has 0 aliphatic carbocycles. The minimum absolute atomic E-state index is 0.904. The van der Waals surface area contributed by atoms with Gasteiger partial charge in [-0.3, -0.25) is 0 Å². The molecule has 2 nitrogen and oxygen atoms in total. The Morgan fingerprint density at radius 2 is 0.852 bits per heavy atom. The van der Waals surface area contributed by atoms with E-state index in [1.54, 1.807) is 0 Å². The molecule has 12 rings (SSSR count). The maximum Gasteiger partial charge on any atom is 0.135 e. The van der Waals surface area contributed by atoms with Crippen LogP contribution in [-0.2, 0) is 0 Å². The lowest BCUT2D eigenvalue weighted by Crippen LogP contribution is -2.11. The van der Waals surface area contributed by atoms with Crippen LogP contribution in [-0.4, -0.2) is 0 Å². The highest BCUT2D eigenvalue weighted by Crippen LogP contribution is 2.44. The van der Waals surface area contributed by atoms with Gasteiger partial charge in [0.1, 0.15) is 11.2 Å². The Balaban J connectivity index is 0.963. The highest BCUT2D eigenvalue weighted by molar-refractivity contribution is 7.25. The second-order valence-corrected chi connectivity index (χ2v) is 16.8. The Morgan fingerprint density at radius 3 is 1.69 bits per heavy atom. The average molecular weight is 796 g/mol. The Kier molecular flexibility index (Phi) is 8.39. The summed E-state index contributed by atoms with van der Waals surface area (Å²) in [5.74, 6) is 0. The number of hydrogen-bond acceptors (Lipinski definition) is 3. The van der Waals surface area contributed by atoms with Crippen LogP contribution in [0.1, 0.15) is 0 Å². The summed E-state index contributed by atoms with van der Waals surface area (Å²) in [4.78, 5) is 2.40. The first kappa shape index (κ1) is 35.2. The van der Waals surface area contributed by atoms with E-state index in [0.717, 1.165) is 50.1 Å². The van der Waals surface area contributed by atoms with E-state index in [2.05, 4.69) is 217 Å². The molecule has 3 heteroatoms. The molecule has 0 saturated carbocycles. The number of nitrogens with zero attached hydrogens (tertiary/aromatic N) is 1. The van der Waals surface area contributed by atoms with Crippen molar-refractivity contribution in [2.75, 3.05) is 4.90 Å². The van der Waals surface area contributed by atoms with Crippen LogP contribution < -0.4 is 4.90 Å². The van der Waals surface area contributed by atoms with E-state index in [0.29, 0.717) is 0 Å². The molecule has 2 aromatic heterocycles. The van der Waals surface area contributed by atoms with Crippen molar-refractivity contribution >= 4 is 81.3 Å². The summed E-state index contributed by atoms with van der Waals surface area (Å²) in [6, 6.07) is 81.3. The molecule has 0 aliphatic heterocycles. The molecular formula is C58H37NOS. The molecule has 61 heavy (non-hydrogen) atoms. The largest absolute Gasteiger partial charge is 0.456 e. The molecule has 0 radical (unpaired) electrons. The van der Waals surface area contributed by atoms with Crippen LogP contribution in [0.3, 0.4) is 0 Å². The molecule has 0 unspecified atom stereocenters. The van der Waals surface area contributed by atoms with Crippen LogP contribution >= 0.6 is 11.3 Å². The molecule has 10 aromatic carbocycles. The fourth-order valence-corrected chi connectivity index (χ4v) is 10.2. The minimum Gasteiger partial charge on any atom is -0.456 e. The van der Waals surface area contributed by atoms with Crippen molar-refractivity contribution in [3.8, 4) is 44.5 Å². The summed E-state index contributed by atoms with van der Waals surface area (Å²) in [6.07, 6.45) is 0. The van der Waals surface area contributed by atoms with E-state index in [1.807, 2.05) is 23.5 Å². The van der Waals surface area contributed by atoms with E-state index in [-0.39, 0.29) is 0 Å². The third kappa shape index (κ3) is 6.18. The fourth-order valence-electron chi connectivity index (χ4n) is 9.09. The van der Waals surface area contributed by atoms with Crippen LogP contribution in [0.5, 0.6) is 0 Å². The molecule has 0 fully saturated rings. The minimum atomic E-state index is 0.904. The second kappa shape index (κ2) is 14.5. The third-order valence-corrected chi connectivity index (χ3v) is 13.2. The number of thiophene rings is 1. The van der Waals surface area contributed by atoms with Gasteiger partial charge >= 0.3 is 0 Å². The Hall–Kier alpha value is -7.72. The van der Waals surface area contributed by atoms with Gasteiger partial charge in [-0.2, -0.15) is 0 Å². The van der Waals surface area contributed by atoms with Gasteiger partial charge in [0, 0.05) is 47.9 Å². The molecule has 286 valence electrons. The average Bonchev–Trinajstić information content (AvgIpc) is 3.90. The lowest BCUT2D eigenvalue weighted by molar-refractivity contribution is 0.669. The summed E-state index contributed by atoms with van der Waals surface area (Å²) in [7, 11) is 0. The van der Waals surface area contributed by atoms with Gasteiger partial charge in [-0.05, 0) is 123 Å². The normalized spacial score (nSPS) is 11.6. The number of para-hydroxylation sites is 2. The van der Waals surface area contributed by atoms with E-state index in [4.69, 9.17) is 4.42 Å². The number of furan rings is 1. The molecule has 0 amide bonds. The number of benzene rings is 10. The molecule has 0 saturated heterocycles. The van der Waals surface area contributed by atoms with Crippen molar-refractivity contribution in [1.29, 1.82) is 0 Å². The van der Waals surface area contributed by atoms with Crippen molar-refractivity contribution in [3.63, 3.8) is 0 Å². The summed E-state index contributed by atoms with van der Waals surface area (Å²) in [5, 5.41) is 7.37. The first-order valence-electron chi connectivity index (χ1n) is 20.7. The van der Waals surface area contributed by atoms with Gasteiger partial charge in [0.05, 0.1) is 5.69 Å². The van der Waals surface area contributed by atoms with E-state index in [1.165, 1.54) is 64.3 Å². The smallest absolute Gasteiger partial charge is 0.135 e. The number of anilines is 3. The van der Waals surface area contributed by atoms with E-state index >= 15 is 0 Å². The molecule has 2 heterocycles. The van der Waals surface area contributed by atoms with Crippen LogP contribution in [0.4, 0.5) is 17.1 Å². The summed E-state index contributed by atoms with van der Waals surface area (Å²) >= 11 is 1.85. The Morgan fingerprint density at radius 1 is 0.311 bits per heavy atom. The molecule has 12 aromatic rings. The highest BCUT2D eigenvalue weighted by Gasteiger charge is 2.19. The van der Waals surface area contributed by atoms with E-state index < -0.39 is 0 Å². The number of fused-ring (bicyclic) bond motifs is 7. The van der Waals surface area contributed by atoms with Crippen molar-refractivity contribution in [3.05, 3.63) is 224 Å². The standard InChI is InChI=1S/C58H37NOS/c1-2-15-47-40(11-1)12-10-19-48(47)43-14-9-13-41(35-43)38-23-29-45(30-24-38)59(46-31-25-39(26-32-46)42-27-33-56-52(36-42)50-17-4-7-21-55(50)60-56)54-20-6-3-16-49(54)44-28-34-58-53(37-44)51-18-5-8-22-57(51)61-58/h1-37H. The van der Waals surface area contributed by atoms with E-state index in [9.17, 15) is 0 Å². The van der Waals surface area contributed by atoms with Crippen LogP contribution in [0, 0.1) is 0 Å². The van der Waals surface area contributed by atoms with Crippen LogP contribution in [0.15, 0.2) is 229 Å². The fraction of sp³-hybridized carbons (Fsp3) is 0. The predicted octanol–water partition coefficient (Wildman–Crippen LogP) is 17.2. The maximum atomic E-state index is 6.15. The highest BCUT2D eigenvalue weighted by atomic mass is 32.1. The zero-order valence-corrected chi connectivity index (χ0v) is 33.9. The van der Waals surface area contributed by atoms with Gasteiger partial charge in [-0.1, -0.05) is 152 Å². The molecule has 0 N–H and O–H groups in total. The number of rotatable bonds is 7.